The molecule has 5 heteroatoms. The molecule has 0 aromatic heterocycles. The maximum atomic E-state index is 12.1. The molecular formula is C12H12O4S. The molecular weight excluding hydrogens is 240 g/mol. The molecule has 0 N–H and O–H groups in total. The molecule has 1 atom stereocenters. The van der Waals surface area contributed by atoms with Crippen LogP contribution in [0.15, 0.2) is 35.2 Å². The molecule has 0 spiro atoms. The number of hydrogen-bond acceptors (Lipinski definition) is 4. The van der Waals surface area contributed by atoms with Crippen LogP contribution in [0.3, 0.4) is 0 Å². The molecule has 0 aliphatic rings. The Morgan fingerprint density at radius 1 is 1.41 bits per heavy atom. The summed E-state index contributed by atoms with van der Waals surface area (Å²) in [4.78, 5) is 11.5. The van der Waals surface area contributed by atoms with E-state index in [1.165, 1.54) is 12.1 Å². The van der Waals surface area contributed by atoms with Gasteiger partial charge in [0.15, 0.2) is 15.1 Å². The SMILES string of the molecule is C#CCC(C(=O)OC)S(=O)(=O)c1ccccc1. The molecule has 17 heavy (non-hydrogen) atoms. The summed E-state index contributed by atoms with van der Waals surface area (Å²) >= 11 is 0. The van der Waals surface area contributed by atoms with E-state index in [1.807, 2.05) is 0 Å². The van der Waals surface area contributed by atoms with Crippen LogP contribution in [0.25, 0.3) is 0 Å². The van der Waals surface area contributed by atoms with Gasteiger partial charge in [-0.2, -0.15) is 0 Å². The van der Waals surface area contributed by atoms with Crippen molar-refractivity contribution >= 4 is 15.8 Å². The first-order valence-electron chi connectivity index (χ1n) is 4.84. The molecule has 0 amide bonds. The van der Waals surface area contributed by atoms with Crippen LogP contribution in [0, 0.1) is 12.3 Å². The van der Waals surface area contributed by atoms with Crippen molar-refractivity contribution in [2.45, 2.75) is 16.6 Å². The van der Waals surface area contributed by atoms with Crippen molar-refractivity contribution in [2.24, 2.45) is 0 Å². The second-order valence-electron chi connectivity index (χ2n) is 3.28. The number of terminal acetylenes is 1. The largest absolute Gasteiger partial charge is 0.468 e. The summed E-state index contributed by atoms with van der Waals surface area (Å²) in [6.45, 7) is 0. The van der Waals surface area contributed by atoms with Gasteiger partial charge < -0.3 is 4.74 Å². The third-order valence-electron chi connectivity index (χ3n) is 2.21. The first-order valence-corrected chi connectivity index (χ1v) is 6.39. The van der Waals surface area contributed by atoms with Gasteiger partial charge in [-0.1, -0.05) is 18.2 Å². The predicted octanol–water partition coefficient (Wildman–Crippen LogP) is 1.03. The Hall–Kier alpha value is -1.80. The van der Waals surface area contributed by atoms with Crippen LogP contribution in [-0.4, -0.2) is 26.7 Å². The van der Waals surface area contributed by atoms with Crippen LogP contribution in [0.2, 0.25) is 0 Å². The van der Waals surface area contributed by atoms with Gasteiger partial charge in [-0.3, -0.25) is 4.79 Å². The molecule has 1 rings (SSSR count). The number of ether oxygens (including phenoxy) is 1. The molecule has 1 aromatic rings. The van der Waals surface area contributed by atoms with Crippen molar-refractivity contribution in [3.63, 3.8) is 0 Å². The second-order valence-corrected chi connectivity index (χ2v) is 5.41. The molecule has 0 saturated heterocycles. The Labute approximate surface area is 101 Å². The van der Waals surface area contributed by atoms with Crippen molar-refractivity contribution in [3.8, 4) is 12.3 Å². The van der Waals surface area contributed by atoms with Gasteiger partial charge in [-0.05, 0) is 12.1 Å². The van der Waals surface area contributed by atoms with Crippen LogP contribution >= 0.6 is 0 Å². The van der Waals surface area contributed by atoms with Crippen LogP contribution in [0.1, 0.15) is 6.42 Å². The first-order chi connectivity index (χ1) is 8.04. The van der Waals surface area contributed by atoms with Crippen molar-refractivity contribution in [2.75, 3.05) is 7.11 Å². The lowest BCUT2D eigenvalue weighted by Crippen LogP contribution is -2.31. The monoisotopic (exact) mass is 252 g/mol. The normalized spacial score (nSPS) is 12.5. The van der Waals surface area contributed by atoms with Gasteiger partial charge in [0, 0.05) is 6.42 Å². The van der Waals surface area contributed by atoms with Crippen molar-refractivity contribution in [3.05, 3.63) is 30.3 Å². The van der Waals surface area contributed by atoms with Gasteiger partial charge in [0.1, 0.15) is 0 Å². The van der Waals surface area contributed by atoms with Crippen molar-refractivity contribution in [1.82, 2.24) is 0 Å². The zero-order valence-corrected chi connectivity index (χ0v) is 10.1. The Kier molecular flexibility index (Phi) is 4.30. The Morgan fingerprint density at radius 3 is 2.47 bits per heavy atom. The molecule has 4 nitrogen and oxygen atoms in total. The third-order valence-corrected chi connectivity index (χ3v) is 4.25. The summed E-state index contributed by atoms with van der Waals surface area (Å²) in [5.41, 5.74) is 0. The summed E-state index contributed by atoms with van der Waals surface area (Å²) in [5, 5.41) is -1.35. The molecule has 0 bridgehead atoms. The van der Waals surface area contributed by atoms with Crippen LogP contribution in [0.5, 0.6) is 0 Å². The van der Waals surface area contributed by atoms with E-state index in [9.17, 15) is 13.2 Å². The van der Waals surface area contributed by atoms with Crippen LogP contribution < -0.4 is 0 Å². The quantitative estimate of drug-likeness (QED) is 0.593. The summed E-state index contributed by atoms with van der Waals surface area (Å²) in [7, 11) is -2.66. The summed E-state index contributed by atoms with van der Waals surface area (Å²) < 4.78 is 28.7. The minimum absolute atomic E-state index is 0.0608. The van der Waals surface area contributed by atoms with Crippen LogP contribution in [0.4, 0.5) is 0 Å². The molecule has 0 fully saturated rings. The number of rotatable bonds is 4. The Morgan fingerprint density at radius 2 is 2.00 bits per heavy atom. The van der Waals surface area contributed by atoms with E-state index in [0.29, 0.717) is 0 Å². The first kappa shape index (κ1) is 13.3. The highest BCUT2D eigenvalue weighted by Gasteiger charge is 2.34. The molecule has 0 saturated carbocycles. The smallest absolute Gasteiger partial charge is 0.325 e. The third kappa shape index (κ3) is 2.86. The fourth-order valence-electron chi connectivity index (χ4n) is 1.33. The highest BCUT2D eigenvalue weighted by atomic mass is 32.2. The van der Waals surface area contributed by atoms with Gasteiger partial charge in [0.2, 0.25) is 0 Å². The number of carbonyl (C=O) groups excluding carboxylic acids is 1. The molecule has 90 valence electrons. The number of sulfone groups is 1. The van der Waals surface area contributed by atoms with E-state index >= 15 is 0 Å². The lowest BCUT2D eigenvalue weighted by atomic mass is 10.3. The minimum atomic E-state index is -3.79. The summed E-state index contributed by atoms with van der Waals surface area (Å²) in [6, 6.07) is 7.69. The van der Waals surface area contributed by atoms with Gasteiger partial charge in [-0.15, -0.1) is 12.3 Å². The molecule has 0 radical (unpaired) electrons. The minimum Gasteiger partial charge on any atom is -0.468 e. The topological polar surface area (TPSA) is 60.4 Å². The molecule has 1 unspecified atom stereocenters. The average molecular weight is 252 g/mol. The summed E-state index contributed by atoms with van der Waals surface area (Å²) in [6.07, 6.45) is 4.87. The molecule has 1 aromatic carbocycles. The van der Waals surface area contributed by atoms with E-state index < -0.39 is 21.1 Å². The van der Waals surface area contributed by atoms with Gasteiger partial charge in [-0.25, -0.2) is 8.42 Å². The fraction of sp³-hybridized carbons (Fsp3) is 0.250. The lowest BCUT2D eigenvalue weighted by Gasteiger charge is -2.12. The predicted molar refractivity (Wildman–Crippen MR) is 62.9 cm³/mol. The van der Waals surface area contributed by atoms with E-state index in [2.05, 4.69) is 10.7 Å². The zero-order valence-electron chi connectivity index (χ0n) is 9.29. The highest BCUT2D eigenvalue weighted by Crippen LogP contribution is 2.18. The summed E-state index contributed by atoms with van der Waals surface area (Å²) in [5.74, 6) is 1.34. The maximum Gasteiger partial charge on any atom is 0.325 e. The van der Waals surface area contributed by atoms with Gasteiger partial charge in [0.25, 0.3) is 0 Å². The lowest BCUT2D eigenvalue weighted by molar-refractivity contribution is -0.140. The number of carbonyl (C=O) groups is 1. The van der Waals surface area contributed by atoms with E-state index in [-0.39, 0.29) is 11.3 Å². The maximum absolute atomic E-state index is 12.1. The highest BCUT2D eigenvalue weighted by molar-refractivity contribution is 7.92. The number of methoxy groups -OCH3 is 1. The Bertz CT molecular complexity index is 525. The van der Waals surface area contributed by atoms with Gasteiger partial charge >= 0.3 is 5.97 Å². The standard InChI is InChI=1S/C12H12O4S/c1-3-7-11(12(13)16-2)17(14,15)10-8-5-4-6-9-10/h1,4-6,8-9,11H,7H2,2H3. The fourth-order valence-corrected chi connectivity index (χ4v) is 2.86. The zero-order chi connectivity index (χ0) is 12.9. The molecule has 0 aliphatic carbocycles. The van der Waals surface area contributed by atoms with E-state index in [4.69, 9.17) is 6.42 Å². The van der Waals surface area contributed by atoms with E-state index in [1.54, 1.807) is 18.2 Å². The average Bonchev–Trinajstić information content (AvgIpc) is 2.36. The van der Waals surface area contributed by atoms with Crippen molar-refractivity contribution < 1.29 is 17.9 Å². The van der Waals surface area contributed by atoms with Gasteiger partial charge in [0.05, 0.1) is 12.0 Å². The molecule has 0 aliphatic heterocycles. The van der Waals surface area contributed by atoms with E-state index in [0.717, 1.165) is 7.11 Å². The second kappa shape index (κ2) is 5.51. The number of hydrogen-bond donors (Lipinski definition) is 0. The Balaban J connectivity index is 3.19. The number of esters is 1. The molecule has 0 heterocycles. The van der Waals surface area contributed by atoms with Crippen molar-refractivity contribution in [1.29, 1.82) is 0 Å². The number of benzene rings is 1. The van der Waals surface area contributed by atoms with Crippen LogP contribution in [-0.2, 0) is 19.4 Å².